The second kappa shape index (κ2) is 5.69. The summed E-state index contributed by atoms with van der Waals surface area (Å²) >= 11 is 0. The molecule has 5 nitrogen and oxygen atoms in total. The van der Waals surface area contributed by atoms with Crippen LogP contribution in [0.4, 0.5) is 0 Å². The molecule has 2 aliphatic rings. The average Bonchev–Trinajstić information content (AvgIpc) is 3.20. The average molecular weight is 254 g/mol. The van der Waals surface area contributed by atoms with E-state index < -0.39 is 5.97 Å². The summed E-state index contributed by atoms with van der Waals surface area (Å²) in [4.78, 5) is 27.0. The highest BCUT2D eigenvalue weighted by Crippen LogP contribution is 2.26. The number of carboxylic acid groups (broad SMARTS) is 1. The van der Waals surface area contributed by atoms with Crippen molar-refractivity contribution in [3.63, 3.8) is 0 Å². The largest absolute Gasteiger partial charge is 0.481 e. The van der Waals surface area contributed by atoms with Gasteiger partial charge in [0, 0.05) is 19.1 Å². The first-order valence-corrected chi connectivity index (χ1v) is 6.86. The van der Waals surface area contributed by atoms with Gasteiger partial charge < -0.3 is 10.0 Å². The maximum absolute atomic E-state index is 12.1. The lowest BCUT2D eigenvalue weighted by Gasteiger charge is -2.32. The zero-order valence-electron chi connectivity index (χ0n) is 11.0. The lowest BCUT2D eigenvalue weighted by molar-refractivity contribution is -0.146. The molecule has 0 aromatic heterocycles. The number of carboxylic acids is 1. The maximum atomic E-state index is 12.1. The number of carbonyl (C=O) groups is 2. The first-order chi connectivity index (χ1) is 8.61. The van der Waals surface area contributed by atoms with Crippen LogP contribution in [-0.2, 0) is 9.59 Å². The summed E-state index contributed by atoms with van der Waals surface area (Å²) in [6, 6.07) is 0.607. The third-order valence-electron chi connectivity index (χ3n) is 4.00. The molecule has 1 saturated heterocycles. The summed E-state index contributed by atoms with van der Waals surface area (Å²) in [5, 5.41) is 8.92. The van der Waals surface area contributed by atoms with E-state index in [2.05, 4.69) is 11.8 Å². The molecule has 1 heterocycles. The number of nitrogens with zero attached hydrogens (tertiary/aromatic N) is 2. The van der Waals surface area contributed by atoms with Gasteiger partial charge >= 0.3 is 5.97 Å². The smallest absolute Gasteiger partial charge is 0.306 e. The topological polar surface area (TPSA) is 60.9 Å². The van der Waals surface area contributed by atoms with Crippen LogP contribution in [0.2, 0.25) is 0 Å². The van der Waals surface area contributed by atoms with Crippen molar-refractivity contribution >= 4 is 11.9 Å². The number of hydrogen-bond acceptors (Lipinski definition) is 3. The minimum absolute atomic E-state index is 0.160. The molecule has 0 spiro atoms. The van der Waals surface area contributed by atoms with E-state index in [1.807, 2.05) is 4.90 Å². The Bertz CT molecular complexity index is 320. The highest BCUT2D eigenvalue weighted by atomic mass is 16.4. The van der Waals surface area contributed by atoms with Crippen molar-refractivity contribution in [2.45, 2.75) is 38.6 Å². The van der Waals surface area contributed by atoms with Gasteiger partial charge in [-0.25, -0.2) is 0 Å². The van der Waals surface area contributed by atoms with Crippen LogP contribution in [0.1, 0.15) is 32.6 Å². The first-order valence-electron chi connectivity index (χ1n) is 6.86. The number of aliphatic carboxylic acids is 1. The lowest BCUT2D eigenvalue weighted by atomic mass is 9.97. The van der Waals surface area contributed by atoms with Gasteiger partial charge in [0.05, 0.1) is 12.5 Å². The fourth-order valence-electron chi connectivity index (χ4n) is 2.59. The van der Waals surface area contributed by atoms with Crippen molar-refractivity contribution in [2.75, 3.05) is 26.2 Å². The van der Waals surface area contributed by atoms with E-state index in [1.165, 1.54) is 12.8 Å². The molecule has 1 aliphatic heterocycles. The van der Waals surface area contributed by atoms with Gasteiger partial charge in [-0.3, -0.25) is 14.5 Å². The van der Waals surface area contributed by atoms with Crippen LogP contribution in [0.5, 0.6) is 0 Å². The molecular weight excluding hydrogens is 232 g/mol. The molecule has 5 heteroatoms. The van der Waals surface area contributed by atoms with Crippen molar-refractivity contribution in [1.82, 2.24) is 9.80 Å². The standard InChI is InChI=1S/C13H22N2O3/c1-2-14(11-3-4-11)9-12(16)15-7-5-10(6-8-15)13(17)18/h10-11H,2-9H2,1H3,(H,17,18). The molecule has 1 aliphatic carbocycles. The van der Waals surface area contributed by atoms with E-state index >= 15 is 0 Å². The predicted molar refractivity (Wildman–Crippen MR) is 67.2 cm³/mol. The van der Waals surface area contributed by atoms with Gasteiger partial charge in [0.1, 0.15) is 0 Å². The van der Waals surface area contributed by atoms with Gasteiger partial charge in [0.2, 0.25) is 5.91 Å². The number of rotatable bonds is 5. The molecule has 0 aromatic rings. The minimum atomic E-state index is -0.727. The fourth-order valence-corrected chi connectivity index (χ4v) is 2.59. The van der Waals surface area contributed by atoms with E-state index in [0.717, 1.165) is 6.54 Å². The Kier molecular flexibility index (Phi) is 4.22. The first kappa shape index (κ1) is 13.3. The molecule has 0 atom stereocenters. The zero-order valence-corrected chi connectivity index (χ0v) is 11.0. The van der Waals surface area contributed by atoms with Crippen LogP contribution in [-0.4, -0.2) is 59.0 Å². The van der Waals surface area contributed by atoms with E-state index in [-0.39, 0.29) is 11.8 Å². The Labute approximate surface area is 108 Å². The predicted octanol–water partition coefficient (Wildman–Crippen LogP) is 0.794. The van der Waals surface area contributed by atoms with Gasteiger partial charge in [0.25, 0.3) is 0 Å². The van der Waals surface area contributed by atoms with Crippen LogP contribution in [0.15, 0.2) is 0 Å². The van der Waals surface area contributed by atoms with Crippen LogP contribution in [0, 0.1) is 5.92 Å². The number of amides is 1. The van der Waals surface area contributed by atoms with Crippen molar-refractivity contribution in [3.8, 4) is 0 Å². The molecule has 1 N–H and O–H groups in total. The molecule has 18 heavy (non-hydrogen) atoms. The lowest BCUT2D eigenvalue weighted by Crippen LogP contribution is -2.45. The molecule has 2 fully saturated rings. The van der Waals surface area contributed by atoms with Gasteiger partial charge in [-0.1, -0.05) is 6.92 Å². The van der Waals surface area contributed by atoms with Crippen molar-refractivity contribution in [2.24, 2.45) is 5.92 Å². The Hall–Kier alpha value is -1.10. The number of likely N-dealkylation sites (tertiary alicyclic amines) is 1. The highest BCUT2D eigenvalue weighted by molar-refractivity contribution is 5.79. The summed E-state index contributed by atoms with van der Waals surface area (Å²) < 4.78 is 0. The molecular formula is C13H22N2O3. The molecule has 0 aromatic carbocycles. The van der Waals surface area contributed by atoms with Crippen molar-refractivity contribution < 1.29 is 14.7 Å². The van der Waals surface area contributed by atoms with E-state index in [4.69, 9.17) is 5.11 Å². The Morgan fingerprint density at radius 3 is 2.28 bits per heavy atom. The summed E-state index contributed by atoms with van der Waals surface area (Å²) in [6.07, 6.45) is 3.61. The van der Waals surface area contributed by atoms with Crippen molar-refractivity contribution in [3.05, 3.63) is 0 Å². The molecule has 0 radical (unpaired) electrons. The van der Waals surface area contributed by atoms with E-state index in [1.54, 1.807) is 0 Å². The van der Waals surface area contributed by atoms with Crippen molar-refractivity contribution in [1.29, 1.82) is 0 Å². The van der Waals surface area contributed by atoms with Crippen LogP contribution >= 0.6 is 0 Å². The highest BCUT2D eigenvalue weighted by Gasteiger charge is 2.32. The Morgan fingerprint density at radius 2 is 1.83 bits per heavy atom. The van der Waals surface area contributed by atoms with Gasteiger partial charge in [-0.15, -0.1) is 0 Å². The third-order valence-corrected chi connectivity index (χ3v) is 4.00. The molecule has 1 amide bonds. The molecule has 102 valence electrons. The fraction of sp³-hybridized carbons (Fsp3) is 0.846. The van der Waals surface area contributed by atoms with Crippen LogP contribution in [0.25, 0.3) is 0 Å². The number of hydrogen-bond donors (Lipinski definition) is 1. The summed E-state index contributed by atoms with van der Waals surface area (Å²) in [6.45, 7) is 4.69. The summed E-state index contributed by atoms with van der Waals surface area (Å²) in [7, 11) is 0. The number of piperidine rings is 1. The molecule has 0 bridgehead atoms. The molecule has 0 unspecified atom stereocenters. The minimum Gasteiger partial charge on any atom is -0.481 e. The Morgan fingerprint density at radius 1 is 1.22 bits per heavy atom. The second-order valence-electron chi connectivity index (χ2n) is 5.29. The third kappa shape index (κ3) is 3.22. The number of likely N-dealkylation sites (N-methyl/N-ethyl adjacent to an activating group) is 1. The summed E-state index contributed by atoms with van der Waals surface area (Å²) in [5.41, 5.74) is 0. The quantitative estimate of drug-likeness (QED) is 0.788. The Balaban J connectivity index is 1.78. The zero-order chi connectivity index (χ0) is 13.1. The molecule has 1 saturated carbocycles. The van der Waals surface area contributed by atoms with Gasteiger partial charge in [-0.2, -0.15) is 0 Å². The van der Waals surface area contributed by atoms with E-state index in [9.17, 15) is 9.59 Å². The normalized spacial score (nSPS) is 21.3. The van der Waals surface area contributed by atoms with Crippen LogP contribution < -0.4 is 0 Å². The summed E-state index contributed by atoms with van der Waals surface area (Å²) in [5.74, 6) is -0.831. The molecule has 2 rings (SSSR count). The van der Waals surface area contributed by atoms with Crippen LogP contribution in [0.3, 0.4) is 0 Å². The van der Waals surface area contributed by atoms with Gasteiger partial charge in [0.15, 0.2) is 0 Å². The number of carbonyl (C=O) groups excluding carboxylic acids is 1. The second-order valence-corrected chi connectivity index (χ2v) is 5.29. The van der Waals surface area contributed by atoms with Gasteiger partial charge in [-0.05, 0) is 32.2 Å². The maximum Gasteiger partial charge on any atom is 0.306 e. The SMILES string of the molecule is CCN(CC(=O)N1CCC(C(=O)O)CC1)C1CC1. The van der Waals surface area contributed by atoms with E-state index in [0.29, 0.717) is 38.5 Å². The monoisotopic (exact) mass is 254 g/mol.